The Balaban J connectivity index is 1.67. The van der Waals surface area contributed by atoms with Crippen molar-refractivity contribution >= 4 is 5.91 Å². The smallest absolute Gasteiger partial charge is 0.276 e. The Morgan fingerprint density at radius 2 is 2.17 bits per heavy atom. The first-order valence-corrected chi connectivity index (χ1v) is 8.87. The molecule has 0 radical (unpaired) electrons. The van der Waals surface area contributed by atoms with Crippen molar-refractivity contribution < 1.29 is 19.2 Å². The SMILES string of the molecule is CCCc1cc(C(=O)N2CCOC[C@@](O)(CN3CCCC3)C2)no1. The zero-order valence-corrected chi connectivity index (χ0v) is 14.4. The molecular weight excluding hydrogens is 310 g/mol. The number of likely N-dealkylation sites (tertiary alicyclic amines) is 1. The quantitative estimate of drug-likeness (QED) is 0.861. The monoisotopic (exact) mass is 337 g/mol. The van der Waals surface area contributed by atoms with Crippen molar-refractivity contribution in [3.05, 3.63) is 17.5 Å². The maximum atomic E-state index is 12.7. The van der Waals surface area contributed by atoms with Crippen molar-refractivity contribution in [3.63, 3.8) is 0 Å². The topological polar surface area (TPSA) is 79.0 Å². The molecule has 1 amide bonds. The Labute approximate surface area is 142 Å². The van der Waals surface area contributed by atoms with E-state index in [0.29, 0.717) is 25.4 Å². The van der Waals surface area contributed by atoms with Crippen LogP contribution in [0.25, 0.3) is 0 Å². The first-order valence-electron chi connectivity index (χ1n) is 8.87. The molecular formula is C17H27N3O4. The third-order valence-electron chi connectivity index (χ3n) is 4.64. The van der Waals surface area contributed by atoms with Crippen LogP contribution in [0.1, 0.15) is 42.4 Å². The minimum absolute atomic E-state index is 0.202. The zero-order chi connectivity index (χ0) is 17.0. The fourth-order valence-electron chi connectivity index (χ4n) is 3.48. The minimum Gasteiger partial charge on any atom is -0.384 e. The second-order valence-electron chi connectivity index (χ2n) is 6.92. The van der Waals surface area contributed by atoms with E-state index in [4.69, 9.17) is 9.26 Å². The van der Waals surface area contributed by atoms with Crippen molar-refractivity contribution in [3.8, 4) is 0 Å². The van der Waals surface area contributed by atoms with Crippen LogP contribution in [-0.4, -0.2) is 77.5 Å². The molecule has 0 aromatic carbocycles. The molecule has 24 heavy (non-hydrogen) atoms. The van der Waals surface area contributed by atoms with Crippen LogP contribution in [0.4, 0.5) is 0 Å². The second-order valence-corrected chi connectivity index (χ2v) is 6.92. The van der Waals surface area contributed by atoms with E-state index in [2.05, 4.69) is 17.0 Å². The van der Waals surface area contributed by atoms with Gasteiger partial charge in [-0.3, -0.25) is 4.79 Å². The van der Waals surface area contributed by atoms with Crippen molar-refractivity contribution in [2.75, 3.05) is 45.9 Å². The third kappa shape index (κ3) is 4.15. The van der Waals surface area contributed by atoms with Gasteiger partial charge in [-0.15, -0.1) is 0 Å². The van der Waals surface area contributed by atoms with Gasteiger partial charge in [0.25, 0.3) is 5.91 Å². The highest BCUT2D eigenvalue weighted by Crippen LogP contribution is 2.19. The summed E-state index contributed by atoms with van der Waals surface area (Å²) in [5.74, 6) is 0.519. The summed E-state index contributed by atoms with van der Waals surface area (Å²) in [4.78, 5) is 16.6. The molecule has 0 aliphatic carbocycles. The summed E-state index contributed by atoms with van der Waals surface area (Å²) in [5.41, 5.74) is -0.726. The molecule has 2 aliphatic heterocycles. The van der Waals surface area contributed by atoms with Gasteiger partial charge in [0.05, 0.1) is 19.8 Å². The summed E-state index contributed by atoms with van der Waals surface area (Å²) in [6.45, 7) is 5.99. The molecule has 1 atom stereocenters. The highest BCUT2D eigenvalue weighted by Gasteiger charge is 2.37. The number of hydrogen-bond donors (Lipinski definition) is 1. The van der Waals surface area contributed by atoms with Gasteiger partial charge >= 0.3 is 0 Å². The Morgan fingerprint density at radius 1 is 1.38 bits per heavy atom. The molecule has 2 fully saturated rings. The van der Waals surface area contributed by atoms with Crippen molar-refractivity contribution in [2.45, 2.75) is 38.2 Å². The highest BCUT2D eigenvalue weighted by molar-refractivity contribution is 5.92. The molecule has 0 saturated carbocycles. The molecule has 0 spiro atoms. The van der Waals surface area contributed by atoms with Gasteiger partial charge < -0.3 is 24.2 Å². The molecule has 3 rings (SSSR count). The van der Waals surface area contributed by atoms with Crippen molar-refractivity contribution in [1.29, 1.82) is 0 Å². The van der Waals surface area contributed by atoms with Crippen molar-refractivity contribution in [2.24, 2.45) is 0 Å². The molecule has 7 heteroatoms. The second kappa shape index (κ2) is 7.63. The normalized spacial score (nSPS) is 25.8. The lowest BCUT2D eigenvalue weighted by Gasteiger charge is -2.33. The maximum absolute atomic E-state index is 12.7. The lowest BCUT2D eigenvalue weighted by Crippen LogP contribution is -2.53. The van der Waals surface area contributed by atoms with E-state index < -0.39 is 5.60 Å². The number of β-amino-alcohol motifs (C(OH)–C–C–N with tert-alkyl or cyclic N) is 1. The largest absolute Gasteiger partial charge is 0.384 e. The van der Waals surface area contributed by atoms with Gasteiger partial charge in [0.2, 0.25) is 0 Å². The number of aryl methyl sites for hydroxylation is 1. The van der Waals surface area contributed by atoms with Gasteiger partial charge in [-0.2, -0.15) is 0 Å². The average Bonchev–Trinajstić information content (AvgIpc) is 3.18. The first-order chi connectivity index (χ1) is 11.6. The number of aromatic nitrogens is 1. The molecule has 2 saturated heterocycles. The van der Waals surface area contributed by atoms with Gasteiger partial charge in [0.1, 0.15) is 11.4 Å². The minimum atomic E-state index is -1.04. The van der Waals surface area contributed by atoms with E-state index in [1.54, 1.807) is 11.0 Å². The van der Waals surface area contributed by atoms with E-state index in [-0.39, 0.29) is 19.1 Å². The van der Waals surface area contributed by atoms with Crippen LogP contribution in [0, 0.1) is 0 Å². The summed E-state index contributed by atoms with van der Waals surface area (Å²) in [6, 6.07) is 1.71. The van der Waals surface area contributed by atoms with Crippen LogP contribution in [0.5, 0.6) is 0 Å². The number of nitrogens with zero attached hydrogens (tertiary/aromatic N) is 3. The summed E-state index contributed by atoms with van der Waals surface area (Å²) in [7, 11) is 0. The summed E-state index contributed by atoms with van der Waals surface area (Å²) in [5, 5.41) is 14.9. The van der Waals surface area contributed by atoms with E-state index in [9.17, 15) is 9.90 Å². The number of aliphatic hydroxyl groups is 1. The molecule has 1 aromatic rings. The van der Waals surface area contributed by atoms with Gasteiger partial charge in [-0.25, -0.2) is 0 Å². The number of ether oxygens (including phenoxy) is 1. The number of carbonyl (C=O) groups excluding carboxylic acids is 1. The Morgan fingerprint density at radius 3 is 2.92 bits per heavy atom. The van der Waals surface area contributed by atoms with Gasteiger partial charge in [0.15, 0.2) is 5.69 Å². The predicted molar refractivity (Wildman–Crippen MR) is 87.8 cm³/mol. The maximum Gasteiger partial charge on any atom is 0.276 e. The Bertz CT molecular complexity index is 556. The van der Waals surface area contributed by atoms with Crippen LogP contribution < -0.4 is 0 Å². The fraction of sp³-hybridized carbons (Fsp3) is 0.765. The fourth-order valence-corrected chi connectivity index (χ4v) is 3.48. The summed E-state index contributed by atoms with van der Waals surface area (Å²) < 4.78 is 10.8. The lowest BCUT2D eigenvalue weighted by atomic mass is 10.0. The molecule has 0 bridgehead atoms. The van der Waals surface area contributed by atoms with Crippen LogP contribution in [0.15, 0.2) is 10.6 Å². The van der Waals surface area contributed by atoms with Gasteiger partial charge in [-0.1, -0.05) is 12.1 Å². The van der Waals surface area contributed by atoms with E-state index >= 15 is 0 Å². The summed E-state index contributed by atoms with van der Waals surface area (Å²) in [6.07, 6.45) is 4.04. The molecule has 134 valence electrons. The average molecular weight is 337 g/mol. The molecule has 7 nitrogen and oxygen atoms in total. The van der Waals surface area contributed by atoms with Gasteiger partial charge in [0, 0.05) is 25.6 Å². The zero-order valence-electron chi connectivity index (χ0n) is 14.4. The van der Waals surface area contributed by atoms with E-state index in [1.165, 1.54) is 12.8 Å². The van der Waals surface area contributed by atoms with Crippen LogP contribution in [-0.2, 0) is 11.2 Å². The highest BCUT2D eigenvalue weighted by atomic mass is 16.5. The van der Waals surface area contributed by atoms with Crippen LogP contribution >= 0.6 is 0 Å². The number of amides is 1. The van der Waals surface area contributed by atoms with Crippen molar-refractivity contribution in [1.82, 2.24) is 15.0 Å². The van der Waals surface area contributed by atoms with E-state index in [0.717, 1.165) is 31.7 Å². The number of hydrogen-bond acceptors (Lipinski definition) is 6. The van der Waals surface area contributed by atoms with Crippen LogP contribution in [0.3, 0.4) is 0 Å². The standard InChI is InChI=1S/C17H27N3O4/c1-2-5-14-10-15(18-24-14)16(21)20-8-9-23-13-17(22,12-20)11-19-6-3-4-7-19/h10,22H,2-9,11-13H2,1H3/t17-/m1/s1. The molecule has 0 unspecified atom stereocenters. The number of rotatable bonds is 5. The molecule has 3 heterocycles. The first kappa shape index (κ1) is 17.4. The lowest BCUT2D eigenvalue weighted by molar-refractivity contribution is -0.0524. The molecule has 1 N–H and O–H groups in total. The van der Waals surface area contributed by atoms with Gasteiger partial charge in [-0.05, 0) is 32.4 Å². The summed E-state index contributed by atoms with van der Waals surface area (Å²) >= 11 is 0. The van der Waals surface area contributed by atoms with Crippen LogP contribution in [0.2, 0.25) is 0 Å². The molecule has 2 aliphatic rings. The third-order valence-corrected chi connectivity index (χ3v) is 4.64. The Hall–Kier alpha value is -1.44. The Kier molecular flexibility index (Phi) is 5.53. The van der Waals surface area contributed by atoms with E-state index in [1.807, 2.05) is 0 Å². The predicted octanol–water partition coefficient (Wildman–Crippen LogP) is 0.926. The molecule has 1 aromatic heterocycles. The number of carbonyl (C=O) groups is 1.